The van der Waals surface area contributed by atoms with Crippen molar-refractivity contribution < 1.29 is 9.47 Å². The van der Waals surface area contributed by atoms with E-state index in [1.165, 1.54) is 5.56 Å². The fourth-order valence-corrected chi connectivity index (χ4v) is 1.45. The van der Waals surface area contributed by atoms with E-state index in [4.69, 9.17) is 9.47 Å². The van der Waals surface area contributed by atoms with E-state index in [0.717, 1.165) is 5.75 Å². The predicted octanol–water partition coefficient (Wildman–Crippen LogP) is 4.34. The van der Waals surface area contributed by atoms with Crippen molar-refractivity contribution >= 4 is 0 Å². The van der Waals surface area contributed by atoms with Crippen LogP contribution in [0.15, 0.2) is 24.3 Å². The van der Waals surface area contributed by atoms with Crippen LogP contribution in [-0.2, 0) is 10.2 Å². The number of benzene rings is 1. The molecule has 0 bridgehead atoms. The summed E-state index contributed by atoms with van der Waals surface area (Å²) < 4.78 is 11.1. The first-order valence-corrected chi connectivity index (χ1v) is 6.41. The molecule has 0 unspecified atom stereocenters. The molecule has 0 atom stereocenters. The number of ether oxygens (including phenoxy) is 2. The Balaban J connectivity index is 2.41. The summed E-state index contributed by atoms with van der Waals surface area (Å²) in [4.78, 5) is 0. The van der Waals surface area contributed by atoms with Crippen LogP contribution in [0.25, 0.3) is 0 Å². The summed E-state index contributed by atoms with van der Waals surface area (Å²) in [6.07, 6.45) is 0. The highest BCUT2D eigenvalue weighted by atomic mass is 16.5. The van der Waals surface area contributed by atoms with Crippen LogP contribution in [0.3, 0.4) is 0 Å². The standard InChI is InChI=1S/C16H25O2/c1-15(2,3)13-7-9-14(10-8-13)17-11-12-18-16(4,5)6/h7-11H,12H2,1-6H3. The zero-order valence-electron chi connectivity index (χ0n) is 12.4. The summed E-state index contributed by atoms with van der Waals surface area (Å²) in [5, 5.41) is 0. The molecule has 0 N–H and O–H groups in total. The molecule has 0 aliphatic heterocycles. The van der Waals surface area contributed by atoms with Crippen molar-refractivity contribution in [3.05, 3.63) is 36.4 Å². The minimum atomic E-state index is -0.129. The summed E-state index contributed by atoms with van der Waals surface area (Å²) in [6, 6.07) is 8.20. The Kier molecular flexibility index (Phi) is 4.80. The molecule has 0 spiro atoms. The third-order valence-corrected chi connectivity index (χ3v) is 2.52. The van der Waals surface area contributed by atoms with Gasteiger partial charge in [-0.2, -0.15) is 0 Å². The quantitative estimate of drug-likeness (QED) is 0.739. The lowest BCUT2D eigenvalue weighted by molar-refractivity contribution is -0.00200. The van der Waals surface area contributed by atoms with Gasteiger partial charge in [0.1, 0.15) is 5.75 Å². The predicted molar refractivity (Wildman–Crippen MR) is 75.8 cm³/mol. The van der Waals surface area contributed by atoms with Gasteiger partial charge in [-0.15, -0.1) is 0 Å². The maximum atomic E-state index is 5.55. The van der Waals surface area contributed by atoms with Crippen molar-refractivity contribution in [2.24, 2.45) is 0 Å². The van der Waals surface area contributed by atoms with Gasteiger partial charge in [0.15, 0.2) is 6.61 Å². The Hall–Kier alpha value is -1.02. The highest BCUT2D eigenvalue weighted by molar-refractivity contribution is 5.31. The van der Waals surface area contributed by atoms with E-state index < -0.39 is 0 Å². The molecule has 101 valence electrons. The highest BCUT2D eigenvalue weighted by Gasteiger charge is 2.13. The molecule has 18 heavy (non-hydrogen) atoms. The van der Waals surface area contributed by atoms with Crippen LogP contribution in [-0.4, -0.2) is 12.2 Å². The molecule has 0 saturated heterocycles. The Morgan fingerprint density at radius 1 is 0.944 bits per heavy atom. The zero-order valence-corrected chi connectivity index (χ0v) is 12.4. The van der Waals surface area contributed by atoms with Crippen LogP contribution >= 0.6 is 0 Å². The molecule has 1 aromatic carbocycles. The fraction of sp³-hybridized carbons (Fsp3) is 0.562. The molecule has 0 saturated carbocycles. The summed E-state index contributed by atoms with van der Waals surface area (Å²) in [5.74, 6) is 0.848. The minimum absolute atomic E-state index is 0.129. The molecule has 0 amide bonds. The van der Waals surface area contributed by atoms with Gasteiger partial charge < -0.3 is 9.47 Å². The Labute approximate surface area is 111 Å². The number of rotatable bonds is 4. The molecule has 2 nitrogen and oxygen atoms in total. The highest BCUT2D eigenvalue weighted by Crippen LogP contribution is 2.24. The molecular formula is C16H25O2. The van der Waals surface area contributed by atoms with Crippen LogP contribution < -0.4 is 4.74 Å². The maximum Gasteiger partial charge on any atom is 0.161 e. The lowest BCUT2D eigenvalue weighted by Gasteiger charge is -2.20. The SMILES string of the molecule is CC(C)(C)OC[CH]Oc1ccc(C(C)(C)C)cc1. The largest absolute Gasteiger partial charge is 0.484 e. The Bertz CT molecular complexity index is 352. The van der Waals surface area contributed by atoms with Crippen molar-refractivity contribution in [1.29, 1.82) is 0 Å². The van der Waals surface area contributed by atoms with Gasteiger partial charge in [0.05, 0.1) is 12.2 Å². The monoisotopic (exact) mass is 249 g/mol. The van der Waals surface area contributed by atoms with Gasteiger partial charge in [0.25, 0.3) is 0 Å². The zero-order chi connectivity index (χ0) is 13.8. The van der Waals surface area contributed by atoms with Crippen LogP contribution in [0.2, 0.25) is 0 Å². The van der Waals surface area contributed by atoms with Crippen molar-refractivity contribution in [1.82, 2.24) is 0 Å². The van der Waals surface area contributed by atoms with E-state index in [0.29, 0.717) is 6.61 Å². The average molecular weight is 249 g/mol. The van der Waals surface area contributed by atoms with Crippen molar-refractivity contribution in [2.45, 2.75) is 52.6 Å². The summed E-state index contributed by atoms with van der Waals surface area (Å²) in [7, 11) is 0. The second-order valence-corrected chi connectivity index (χ2v) is 6.48. The third-order valence-electron chi connectivity index (χ3n) is 2.52. The van der Waals surface area contributed by atoms with Crippen LogP contribution in [0.1, 0.15) is 47.1 Å². The van der Waals surface area contributed by atoms with Crippen LogP contribution in [0.4, 0.5) is 0 Å². The summed E-state index contributed by atoms with van der Waals surface area (Å²) >= 11 is 0. The minimum Gasteiger partial charge on any atom is -0.484 e. The van der Waals surface area contributed by atoms with Crippen LogP contribution in [0.5, 0.6) is 5.75 Å². The molecule has 0 aromatic heterocycles. The van der Waals surface area contributed by atoms with E-state index in [9.17, 15) is 0 Å². The van der Waals surface area contributed by atoms with E-state index in [2.05, 4.69) is 32.9 Å². The summed E-state index contributed by atoms with van der Waals surface area (Å²) in [5.41, 5.74) is 1.36. The Morgan fingerprint density at radius 2 is 1.50 bits per heavy atom. The number of hydrogen-bond acceptors (Lipinski definition) is 2. The lowest BCUT2D eigenvalue weighted by Crippen LogP contribution is -2.20. The smallest absolute Gasteiger partial charge is 0.161 e. The first-order chi connectivity index (χ1) is 8.18. The van der Waals surface area contributed by atoms with E-state index in [-0.39, 0.29) is 11.0 Å². The van der Waals surface area contributed by atoms with E-state index >= 15 is 0 Å². The second-order valence-electron chi connectivity index (χ2n) is 6.48. The van der Waals surface area contributed by atoms with Gasteiger partial charge in [-0.05, 0) is 43.9 Å². The van der Waals surface area contributed by atoms with Crippen LogP contribution in [0, 0.1) is 6.61 Å². The van der Waals surface area contributed by atoms with Gasteiger partial charge in [0, 0.05) is 0 Å². The lowest BCUT2D eigenvalue weighted by atomic mass is 9.87. The molecule has 0 fully saturated rings. The molecular weight excluding hydrogens is 224 g/mol. The van der Waals surface area contributed by atoms with Gasteiger partial charge in [-0.3, -0.25) is 0 Å². The second kappa shape index (κ2) is 5.75. The van der Waals surface area contributed by atoms with Gasteiger partial charge in [-0.1, -0.05) is 32.9 Å². The van der Waals surface area contributed by atoms with Crippen molar-refractivity contribution in [2.75, 3.05) is 6.61 Å². The first kappa shape index (κ1) is 15.0. The molecule has 0 aliphatic rings. The molecule has 1 rings (SSSR count). The molecule has 0 heterocycles. The van der Waals surface area contributed by atoms with Gasteiger partial charge >= 0.3 is 0 Å². The maximum absolute atomic E-state index is 5.55. The first-order valence-electron chi connectivity index (χ1n) is 6.41. The molecule has 1 aromatic rings. The van der Waals surface area contributed by atoms with Crippen molar-refractivity contribution in [3.8, 4) is 5.75 Å². The number of hydrogen-bond donors (Lipinski definition) is 0. The normalized spacial score (nSPS) is 12.6. The molecule has 1 radical (unpaired) electrons. The topological polar surface area (TPSA) is 18.5 Å². The molecule has 0 aliphatic carbocycles. The third kappa shape index (κ3) is 5.54. The fourth-order valence-electron chi connectivity index (χ4n) is 1.45. The van der Waals surface area contributed by atoms with Gasteiger partial charge in [-0.25, -0.2) is 0 Å². The van der Waals surface area contributed by atoms with E-state index in [1.807, 2.05) is 32.9 Å². The summed E-state index contributed by atoms with van der Waals surface area (Å²) in [6.45, 7) is 14.9. The van der Waals surface area contributed by atoms with Crippen molar-refractivity contribution in [3.63, 3.8) is 0 Å². The average Bonchev–Trinajstić information content (AvgIpc) is 2.22. The Morgan fingerprint density at radius 3 is 1.94 bits per heavy atom. The van der Waals surface area contributed by atoms with Gasteiger partial charge in [0.2, 0.25) is 0 Å². The van der Waals surface area contributed by atoms with E-state index in [1.54, 1.807) is 6.61 Å². The molecule has 2 heteroatoms.